The Balaban J connectivity index is 1.62. The summed E-state index contributed by atoms with van der Waals surface area (Å²) in [6.07, 6.45) is 2.92. The van der Waals surface area contributed by atoms with Gasteiger partial charge in [0.2, 0.25) is 21.8 Å². The van der Waals surface area contributed by atoms with Crippen LogP contribution in [0, 0.1) is 5.92 Å². The summed E-state index contributed by atoms with van der Waals surface area (Å²) in [6, 6.07) is 4.85. The highest BCUT2D eigenvalue weighted by atomic mass is 32.2. The second-order valence-corrected chi connectivity index (χ2v) is 9.73. The monoisotopic (exact) mass is 407 g/mol. The van der Waals surface area contributed by atoms with E-state index in [1.807, 2.05) is 11.8 Å². The number of piperidine rings is 1. The van der Waals surface area contributed by atoms with Gasteiger partial charge in [0.05, 0.1) is 4.90 Å². The van der Waals surface area contributed by atoms with Crippen molar-refractivity contribution in [2.45, 2.75) is 57.4 Å². The van der Waals surface area contributed by atoms with Gasteiger partial charge in [0.25, 0.3) is 0 Å². The van der Waals surface area contributed by atoms with E-state index < -0.39 is 10.0 Å². The zero-order valence-electron chi connectivity index (χ0n) is 16.8. The van der Waals surface area contributed by atoms with Crippen LogP contribution in [0.1, 0.15) is 45.6 Å². The second kappa shape index (κ2) is 8.21. The topological polar surface area (TPSA) is 86.8 Å². The molecular weight excluding hydrogens is 378 g/mol. The van der Waals surface area contributed by atoms with Crippen LogP contribution in [-0.2, 0) is 26.0 Å². The molecule has 8 heteroatoms. The van der Waals surface area contributed by atoms with Gasteiger partial charge in [0, 0.05) is 44.7 Å². The van der Waals surface area contributed by atoms with Crippen LogP contribution in [0.2, 0.25) is 0 Å². The molecule has 0 saturated carbocycles. The number of nitrogens with one attached hydrogen (secondary N) is 1. The fourth-order valence-electron chi connectivity index (χ4n) is 4.20. The van der Waals surface area contributed by atoms with Crippen molar-refractivity contribution in [2.24, 2.45) is 5.92 Å². The smallest absolute Gasteiger partial charge is 0.240 e. The van der Waals surface area contributed by atoms with Crippen molar-refractivity contribution in [1.29, 1.82) is 0 Å². The van der Waals surface area contributed by atoms with Crippen LogP contribution in [0.4, 0.5) is 5.69 Å². The van der Waals surface area contributed by atoms with Gasteiger partial charge in [-0.3, -0.25) is 9.59 Å². The van der Waals surface area contributed by atoms with Gasteiger partial charge in [-0.25, -0.2) is 13.1 Å². The molecule has 1 aromatic carbocycles. The summed E-state index contributed by atoms with van der Waals surface area (Å²) >= 11 is 0. The lowest BCUT2D eigenvalue weighted by atomic mass is 10.0. The Labute approximate surface area is 167 Å². The highest BCUT2D eigenvalue weighted by Gasteiger charge is 2.30. The van der Waals surface area contributed by atoms with E-state index in [1.165, 1.54) is 13.0 Å². The molecule has 0 radical (unpaired) electrons. The van der Waals surface area contributed by atoms with Crippen molar-refractivity contribution in [3.8, 4) is 0 Å². The molecule has 1 saturated heterocycles. The Hall–Kier alpha value is -1.93. The molecule has 7 nitrogen and oxygen atoms in total. The summed E-state index contributed by atoms with van der Waals surface area (Å²) in [5.74, 6) is 0.442. The van der Waals surface area contributed by atoms with Crippen LogP contribution >= 0.6 is 0 Å². The maximum absolute atomic E-state index is 12.6. The second-order valence-electron chi connectivity index (χ2n) is 7.97. The third kappa shape index (κ3) is 4.38. The molecule has 0 aliphatic carbocycles. The number of anilines is 1. The van der Waals surface area contributed by atoms with Crippen LogP contribution < -0.4 is 9.62 Å². The molecule has 1 fully saturated rings. The van der Waals surface area contributed by atoms with Gasteiger partial charge in [-0.2, -0.15) is 0 Å². The number of rotatable bonds is 5. The first kappa shape index (κ1) is 20.8. The average Bonchev–Trinajstić information content (AvgIpc) is 2.96. The molecule has 154 valence electrons. The summed E-state index contributed by atoms with van der Waals surface area (Å²) < 4.78 is 27.8. The van der Waals surface area contributed by atoms with Gasteiger partial charge in [-0.1, -0.05) is 6.92 Å². The van der Waals surface area contributed by atoms with E-state index in [9.17, 15) is 18.0 Å². The first-order chi connectivity index (χ1) is 13.2. The average molecular weight is 408 g/mol. The predicted octanol–water partition coefficient (Wildman–Crippen LogP) is 1.91. The molecule has 0 bridgehead atoms. The van der Waals surface area contributed by atoms with Gasteiger partial charge >= 0.3 is 0 Å². The standard InChI is InChI=1S/C20H29N3O4S/c1-14-5-4-10-22(13-14)20(25)8-9-21-28(26,27)18-6-7-19-17(12-18)11-15(2)23(19)16(3)24/h6-7,12,14-15,21H,4-5,8-11,13H2,1-3H3/t14-,15+/m0/s1. The van der Waals surface area contributed by atoms with Gasteiger partial charge in [0.15, 0.2) is 0 Å². The predicted molar refractivity (Wildman–Crippen MR) is 108 cm³/mol. The van der Waals surface area contributed by atoms with Crippen molar-refractivity contribution < 1.29 is 18.0 Å². The first-order valence-electron chi connectivity index (χ1n) is 9.89. The number of hydrogen-bond donors (Lipinski definition) is 1. The SMILES string of the molecule is CC(=O)N1c2ccc(S(=O)(=O)NCCC(=O)N3CCC[C@H](C)C3)cc2C[C@H]1C. The minimum atomic E-state index is -3.70. The van der Waals surface area contributed by atoms with E-state index in [0.717, 1.165) is 37.2 Å². The Morgan fingerprint density at radius 3 is 2.68 bits per heavy atom. The lowest BCUT2D eigenvalue weighted by molar-refractivity contribution is -0.132. The number of sulfonamides is 1. The molecule has 3 rings (SSSR count). The largest absolute Gasteiger partial charge is 0.342 e. The van der Waals surface area contributed by atoms with Crippen molar-refractivity contribution in [3.63, 3.8) is 0 Å². The number of benzene rings is 1. The van der Waals surface area contributed by atoms with Crippen molar-refractivity contribution in [1.82, 2.24) is 9.62 Å². The molecule has 2 amide bonds. The highest BCUT2D eigenvalue weighted by molar-refractivity contribution is 7.89. The Morgan fingerprint density at radius 2 is 2.00 bits per heavy atom. The third-order valence-electron chi connectivity index (χ3n) is 5.56. The molecule has 2 heterocycles. The molecule has 1 N–H and O–H groups in total. The number of carbonyl (C=O) groups is 2. The molecule has 2 aliphatic heterocycles. The Morgan fingerprint density at radius 1 is 1.25 bits per heavy atom. The lowest BCUT2D eigenvalue weighted by Crippen LogP contribution is -2.40. The molecule has 0 aromatic heterocycles. The van der Waals surface area contributed by atoms with E-state index in [2.05, 4.69) is 11.6 Å². The maximum atomic E-state index is 12.6. The Bertz CT molecular complexity index is 868. The van der Waals surface area contributed by atoms with Gasteiger partial charge in [-0.15, -0.1) is 0 Å². The van der Waals surface area contributed by atoms with Crippen LogP contribution in [0.3, 0.4) is 0 Å². The zero-order valence-corrected chi connectivity index (χ0v) is 17.6. The molecule has 28 heavy (non-hydrogen) atoms. The third-order valence-corrected chi connectivity index (χ3v) is 7.02. The van der Waals surface area contributed by atoms with E-state index in [4.69, 9.17) is 0 Å². The number of nitrogens with zero attached hydrogens (tertiary/aromatic N) is 2. The van der Waals surface area contributed by atoms with Crippen LogP contribution in [-0.4, -0.2) is 50.8 Å². The maximum Gasteiger partial charge on any atom is 0.240 e. The van der Waals surface area contributed by atoms with Gasteiger partial charge < -0.3 is 9.80 Å². The van der Waals surface area contributed by atoms with Crippen molar-refractivity contribution >= 4 is 27.5 Å². The molecule has 0 spiro atoms. The minimum Gasteiger partial charge on any atom is -0.342 e. The Kier molecular flexibility index (Phi) is 6.09. The first-order valence-corrected chi connectivity index (χ1v) is 11.4. The van der Waals surface area contributed by atoms with E-state index in [1.54, 1.807) is 17.0 Å². The summed E-state index contributed by atoms with van der Waals surface area (Å²) in [4.78, 5) is 27.8. The highest BCUT2D eigenvalue weighted by Crippen LogP contribution is 2.33. The van der Waals surface area contributed by atoms with Crippen molar-refractivity contribution in [3.05, 3.63) is 23.8 Å². The lowest BCUT2D eigenvalue weighted by Gasteiger charge is -2.31. The van der Waals surface area contributed by atoms with Gasteiger partial charge in [0.1, 0.15) is 0 Å². The minimum absolute atomic E-state index is 0.00544. The van der Waals surface area contributed by atoms with Gasteiger partial charge in [-0.05, 0) is 55.9 Å². The summed E-state index contributed by atoms with van der Waals surface area (Å²) in [7, 11) is -3.70. The normalized spacial score (nSPS) is 22.2. The van der Waals surface area contributed by atoms with E-state index in [-0.39, 0.29) is 35.7 Å². The molecule has 2 aliphatic rings. The summed E-state index contributed by atoms with van der Waals surface area (Å²) in [6.45, 7) is 7.18. The number of amides is 2. The number of fused-ring (bicyclic) bond motifs is 1. The summed E-state index contributed by atoms with van der Waals surface area (Å²) in [5.41, 5.74) is 1.62. The molecule has 0 unspecified atom stereocenters. The zero-order chi connectivity index (χ0) is 20.5. The van der Waals surface area contributed by atoms with Crippen LogP contribution in [0.5, 0.6) is 0 Å². The number of hydrogen-bond acceptors (Lipinski definition) is 4. The van der Waals surface area contributed by atoms with Crippen LogP contribution in [0.25, 0.3) is 0 Å². The summed E-state index contributed by atoms with van der Waals surface area (Å²) in [5, 5.41) is 0. The fourth-order valence-corrected chi connectivity index (χ4v) is 5.29. The number of likely N-dealkylation sites (tertiary alicyclic amines) is 1. The molecule has 1 aromatic rings. The molecule has 2 atom stereocenters. The van der Waals surface area contributed by atoms with Crippen LogP contribution in [0.15, 0.2) is 23.1 Å². The molecular formula is C20H29N3O4S. The van der Waals surface area contributed by atoms with E-state index in [0.29, 0.717) is 12.3 Å². The quantitative estimate of drug-likeness (QED) is 0.808. The van der Waals surface area contributed by atoms with Crippen molar-refractivity contribution in [2.75, 3.05) is 24.5 Å². The fraction of sp³-hybridized carbons (Fsp3) is 0.600. The number of carbonyl (C=O) groups excluding carboxylic acids is 2. The van der Waals surface area contributed by atoms with E-state index >= 15 is 0 Å².